The molecule has 4 nitrogen and oxygen atoms in total. The second-order valence-corrected chi connectivity index (χ2v) is 7.51. The molecule has 4 rings (SSSR count). The van der Waals surface area contributed by atoms with Crippen molar-refractivity contribution in [2.45, 2.75) is 19.9 Å². The molecule has 0 aliphatic rings. The van der Waals surface area contributed by atoms with Gasteiger partial charge >= 0.3 is 0 Å². The van der Waals surface area contributed by atoms with Crippen LogP contribution in [0.3, 0.4) is 0 Å². The fourth-order valence-electron chi connectivity index (χ4n) is 3.32. The van der Waals surface area contributed by atoms with Gasteiger partial charge in [-0.25, -0.2) is 0 Å². The quantitative estimate of drug-likeness (QED) is 0.453. The summed E-state index contributed by atoms with van der Waals surface area (Å²) >= 11 is 1.57. The highest BCUT2D eigenvalue weighted by Crippen LogP contribution is 2.27. The van der Waals surface area contributed by atoms with Crippen molar-refractivity contribution in [3.8, 4) is 0 Å². The standard InChI is InChI=1S/C23H22N2O2S/c1-2-27-15-14-25-20-13-12-18-10-6-7-11-19(18)22(20)28-23(25)24-21(26)16-17-8-4-3-5-9-17/h3-13H,2,14-16H2,1H3. The zero-order valence-corrected chi connectivity index (χ0v) is 16.6. The minimum absolute atomic E-state index is 0.132. The van der Waals surface area contributed by atoms with E-state index in [1.165, 1.54) is 10.8 Å². The molecular formula is C23H22N2O2S. The third-order valence-corrected chi connectivity index (χ3v) is 5.78. The first kappa shape index (κ1) is 18.6. The van der Waals surface area contributed by atoms with Gasteiger partial charge in [0.05, 0.1) is 23.2 Å². The number of nitrogens with zero attached hydrogens (tertiary/aromatic N) is 2. The number of fused-ring (bicyclic) bond motifs is 3. The van der Waals surface area contributed by atoms with Crippen LogP contribution in [0.1, 0.15) is 12.5 Å². The Balaban J connectivity index is 1.79. The number of carbonyl (C=O) groups is 1. The Hall–Kier alpha value is -2.76. The predicted octanol–water partition coefficient (Wildman–Crippen LogP) is 4.56. The van der Waals surface area contributed by atoms with E-state index >= 15 is 0 Å². The second-order valence-electron chi connectivity index (χ2n) is 6.54. The average molecular weight is 391 g/mol. The molecule has 5 heteroatoms. The number of ether oxygens (including phenoxy) is 1. The maximum atomic E-state index is 12.6. The molecule has 0 unspecified atom stereocenters. The summed E-state index contributed by atoms with van der Waals surface area (Å²) in [5.74, 6) is -0.132. The summed E-state index contributed by atoms with van der Waals surface area (Å²) in [5.41, 5.74) is 2.07. The van der Waals surface area contributed by atoms with Crippen LogP contribution in [0.5, 0.6) is 0 Å². The maximum absolute atomic E-state index is 12.6. The Morgan fingerprint density at radius 2 is 1.82 bits per heavy atom. The molecule has 0 bridgehead atoms. The Morgan fingerprint density at radius 3 is 2.64 bits per heavy atom. The van der Waals surface area contributed by atoms with Crippen molar-refractivity contribution >= 4 is 38.2 Å². The third kappa shape index (κ3) is 3.91. The summed E-state index contributed by atoms with van der Waals surface area (Å²) in [6.07, 6.45) is 0.307. The molecule has 0 saturated heterocycles. The molecule has 1 amide bonds. The van der Waals surface area contributed by atoms with E-state index in [1.807, 2.05) is 49.4 Å². The lowest BCUT2D eigenvalue weighted by atomic mass is 10.1. The molecule has 0 N–H and O–H groups in total. The van der Waals surface area contributed by atoms with Crippen LogP contribution >= 0.6 is 11.3 Å². The lowest BCUT2D eigenvalue weighted by Gasteiger charge is -2.06. The van der Waals surface area contributed by atoms with Crippen LogP contribution < -0.4 is 4.80 Å². The van der Waals surface area contributed by atoms with Gasteiger partial charge in [-0.2, -0.15) is 4.99 Å². The van der Waals surface area contributed by atoms with E-state index in [1.54, 1.807) is 11.3 Å². The topological polar surface area (TPSA) is 43.6 Å². The number of benzene rings is 3. The van der Waals surface area contributed by atoms with Crippen molar-refractivity contribution in [3.05, 3.63) is 77.1 Å². The Kier molecular flexibility index (Phi) is 5.65. The zero-order chi connectivity index (χ0) is 19.3. The van der Waals surface area contributed by atoms with Crippen molar-refractivity contribution in [1.82, 2.24) is 4.57 Å². The van der Waals surface area contributed by atoms with Gasteiger partial charge in [0.2, 0.25) is 0 Å². The first-order chi connectivity index (χ1) is 13.8. The first-order valence-electron chi connectivity index (χ1n) is 9.46. The highest BCUT2D eigenvalue weighted by molar-refractivity contribution is 7.17. The number of carbonyl (C=O) groups excluding carboxylic acids is 1. The van der Waals surface area contributed by atoms with E-state index in [0.29, 0.717) is 26.2 Å². The average Bonchev–Trinajstić information content (AvgIpc) is 3.06. The molecular weight excluding hydrogens is 368 g/mol. The summed E-state index contributed by atoms with van der Waals surface area (Å²) in [4.78, 5) is 17.8. The monoisotopic (exact) mass is 390 g/mol. The lowest BCUT2D eigenvalue weighted by Crippen LogP contribution is -2.20. The molecule has 28 heavy (non-hydrogen) atoms. The molecule has 0 aliphatic heterocycles. The number of hydrogen-bond donors (Lipinski definition) is 0. The van der Waals surface area contributed by atoms with Crippen LogP contribution in [0.4, 0.5) is 0 Å². The SMILES string of the molecule is CCOCCn1c(=NC(=O)Cc2ccccc2)sc2c3ccccc3ccc21. The Labute approximate surface area is 167 Å². The molecule has 0 saturated carbocycles. The third-order valence-electron chi connectivity index (χ3n) is 4.66. The molecule has 0 spiro atoms. The van der Waals surface area contributed by atoms with Crippen LogP contribution in [0, 0.1) is 0 Å². The fourth-order valence-corrected chi connectivity index (χ4v) is 4.53. The van der Waals surface area contributed by atoms with Crippen molar-refractivity contribution in [1.29, 1.82) is 0 Å². The number of amides is 1. The Bertz CT molecular complexity index is 1180. The summed E-state index contributed by atoms with van der Waals surface area (Å²) in [6, 6.07) is 22.3. The Morgan fingerprint density at radius 1 is 1.04 bits per heavy atom. The van der Waals surface area contributed by atoms with Gasteiger partial charge in [-0.15, -0.1) is 0 Å². The molecule has 1 heterocycles. The molecule has 4 aromatic rings. The van der Waals surface area contributed by atoms with Gasteiger partial charge in [0.25, 0.3) is 5.91 Å². The summed E-state index contributed by atoms with van der Waals surface area (Å²) in [6.45, 7) is 3.92. The number of rotatable bonds is 6. The lowest BCUT2D eigenvalue weighted by molar-refractivity contribution is -0.117. The molecule has 0 aliphatic carbocycles. The minimum Gasteiger partial charge on any atom is -0.380 e. The van der Waals surface area contributed by atoms with Crippen molar-refractivity contribution in [3.63, 3.8) is 0 Å². The number of thiazole rings is 1. The van der Waals surface area contributed by atoms with Gasteiger partial charge in [0.1, 0.15) is 0 Å². The molecule has 3 aromatic carbocycles. The zero-order valence-electron chi connectivity index (χ0n) is 15.8. The van der Waals surface area contributed by atoms with Crippen LogP contribution in [-0.2, 0) is 22.5 Å². The van der Waals surface area contributed by atoms with E-state index in [9.17, 15) is 4.79 Å². The molecule has 142 valence electrons. The normalized spacial score (nSPS) is 12.1. The van der Waals surface area contributed by atoms with Crippen LogP contribution in [0.25, 0.3) is 21.0 Å². The van der Waals surface area contributed by atoms with Gasteiger partial charge < -0.3 is 9.30 Å². The number of hydrogen-bond acceptors (Lipinski definition) is 3. The van der Waals surface area contributed by atoms with Crippen molar-refractivity contribution < 1.29 is 9.53 Å². The van der Waals surface area contributed by atoms with Crippen molar-refractivity contribution in [2.24, 2.45) is 4.99 Å². The minimum atomic E-state index is -0.132. The highest BCUT2D eigenvalue weighted by Gasteiger charge is 2.11. The smallest absolute Gasteiger partial charge is 0.252 e. The van der Waals surface area contributed by atoms with E-state index in [0.717, 1.165) is 20.6 Å². The summed E-state index contributed by atoms with van der Waals surface area (Å²) in [7, 11) is 0. The summed E-state index contributed by atoms with van der Waals surface area (Å²) < 4.78 is 8.81. The maximum Gasteiger partial charge on any atom is 0.252 e. The van der Waals surface area contributed by atoms with Gasteiger partial charge in [-0.1, -0.05) is 72.0 Å². The van der Waals surface area contributed by atoms with E-state index in [-0.39, 0.29) is 5.91 Å². The van der Waals surface area contributed by atoms with Gasteiger partial charge in [0, 0.05) is 18.5 Å². The number of aromatic nitrogens is 1. The first-order valence-corrected chi connectivity index (χ1v) is 10.3. The molecule has 0 radical (unpaired) electrons. The second kappa shape index (κ2) is 8.50. The van der Waals surface area contributed by atoms with E-state index in [2.05, 4.69) is 33.8 Å². The highest BCUT2D eigenvalue weighted by atomic mass is 32.1. The van der Waals surface area contributed by atoms with E-state index in [4.69, 9.17) is 4.74 Å². The molecule has 0 atom stereocenters. The predicted molar refractivity (Wildman–Crippen MR) is 115 cm³/mol. The molecule has 1 aromatic heterocycles. The summed E-state index contributed by atoms with van der Waals surface area (Å²) in [5, 5.41) is 2.38. The van der Waals surface area contributed by atoms with Crippen molar-refractivity contribution in [2.75, 3.05) is 13.2 Å². The van der Waals surface area contributed by atoms with Crippen LogP contribution in [0.2, 0.25) is 0 Å². The fraction of sp³-hybridized carbons (Fsp3) is 0.217. The van der Waals surface area contributed by atoms with Gasteiger partial charge in [0.15, 0.2) is 4.80 Å². The van der Waals surface area contributed by atoms with Gasteiger partial charge in [-0.05, 0) is 23.9 Å². The van der Waals surface area contributed by atoms with Crippen LogP contribution in [0.15, 0.2) is 71.7 Å². The van der Waals surface area contributed by atoms with Gasteiger partial charge in [-0.3, -0.25) is 4.79 Å². The van der Waals surface area contributed by atoms with Crippen LogP contribution in [-0.4, -0.2) is 23.7 Å². The largest absolute Gasteiger partial charge is 0.380 e. The van der Waals surface area contributed by atoms with E-state index < -0.39 is 0 Å². The molecule has 0 fully saturated rings.